The lowest BCUT2D eigenvalue weighted by Crippen LogP contribution is -2.46. The van der Waals surface area contributed by atoms with Crippen LogP contribution in [-0.2, 0) is 28.5 Å². The molecule has 2 fully saturated rings. The van der Waals surface area contributed by atoms with Crippen molar-refractivity contribution in [2.75, 3.05) is 37.0 Å². The van der Waals surface area contributed by atoms with E-state index in [1.807, 2.05) is 4.90 Å². The molecule has 19 nitrogen and oxygen atoms in total. The van der Waals surface area contributed by atoms with Gasteiger partial charge in [0.05, 0.1) is 41.8 Å². The maximum atomic E-state index is 14.9. The first-order chi connectivity index (χ1) is 33.1. The van der Waals surface area contributed by atoms with E-state index < -0.39 is 99.9 Å². The summed E-state index contributed by atoms with van der Waals surface area (Å²) < 4.78 is 35.5. The van der Waals surface area contributed by atoms with Crippen LogP contribution in [0, 0.1) is 42.4 Å². The molecule has 2 amide bonds. The van der Waals surface area contributed by atoms with Crippen molar-refractivity contribution in [3.8, 4) is 11.5 Å². The van der Waals surface area contributed by atoms with E-state index in [0.29, 0.717) is 18.8 Å². The first-order valence-corrected chi connectivity index (χ1v) is 23.4. The van der Waals surface area contributed by atoms with Crippen molar-refractivity contribution in [1.29, 1.82) is 0 Å². The number of amides is 2. The third-order valence-corrected chi connectivity index (χ3v) is 14.5. The van der Waals surface area contributed by atoms with E-state index in [1.54, 1.807) is 52.8 Å². The van der Waals surface area contributed by atoms with Crippen molar-refractivity contribution in [2.24, 2.45) is 35.5 Å². The molecule has 1 aromatic heterocycles. The molecule has 1 saturated heterocycles. The summed E-state index contributed by atoms with van der Waals surface area (Å²) in [6.07, 6.45) is 2.93. The van der Waals surface area contributed by atoms with Crippen LogP contribution in [-0.4, -0.2) is 106 Å². The first kappa shape index (κ1) is 49.7. The van der Waals surface area contributed by atoms with Gasteiger partial charge in [-0.15, -0.1) is 0 Å². The van der Waals surface area contributed by atoms with Crippen LogP contribution >= 0.6 is 0 Å². The third kappa shape index (κ3) is 8.67. The van der Waals surface area contributed by atoms with Gasteiger partial charge in [-0.2, -0.15) is 0 Å². The highest BCUT2D eigenvalue weighted by Crippen LogP contribution is 2.47. The van der Waals surface area contributed by atoms with Crippen molar-refractivity contribution in [1.82, 2.24) is 10.3 Å². The second-order valence-corrected chi connectivity index (χ2v) is 19.2. The molecule has 19 heteroatoms. The number of aliphatic hydroxyl groups is 3. The van der Waals surface area contributed by atoms with Gasteiger partial charge in [0.2, 0.25) is 10.9 Å². The summed E-state index contributed by atoms with van der Waals surface area (Å²) in [5.74, 6) is -6.88. The Kier molecular flexibility index (Phi) is 13.4. The number of phenolic OH excluding ortho intramolecular Hbond substituents is 1. The number of piperidine rings is 1. The summed E-state index contributed by atoms with van der Waals surface area (Å²) in [6.45, 7) is 15.5. The normalized spacial score (nSPS) is 31.9. The van der Waals surface area contributed by atoms with Crippen LogP contribution in [0.15, 0.2) is 62.3 Å². The molecule has 8 rings (SSSR count). The Labute approximate surface area is 402 Å². The largest absolute Gasteiger partial charge is 0.507 e. The van der Waals surface area contributed by atoms with E-state index in [-0.39, 0.29) is 79.6 Å². The van der Waals surface area contributed by atoms with Gasteiger partial charge >= 0.3 is 17.8 Å². The summed E-state index contributed by atoms with van der Waals surface area (Å²) in [5, 5.41) is 52.1. The maximum Gasteiger partial charge on any atom is 0.407 e. The number of aromatic nitrogens is 1. The van der Waals surface area contributed by atoms with Crippen LogP contribution in [0.2, 0.25) is 0 Å². The molecule has 6 N–H and O–H groups in total. The zero-order valence-electron chi connectivity index (χ0n) is 40.7. The second kappa shape index (κ2) is 18.9. The van der Waals surface area contributed by atoms with Gasteiger partial charge < -0.3 is 64.1 Å². The molecular formula is C51H60N4O15. The van der Waals surface area contributed by atoms with Crippen molar-refractivity contribution in [2.45, 2.75) is 98.6 Å². The number of aromatic hydroxyl groups is 1. The molecule has 12 atom stereocenters. The fourth-order valence-corrected chi connectivity index (χ4v) is 10.3. The van der Waals surface area contributed by atoms with Gasteiger partial charge in [-0.25, -0.2) is 9.78 Å². The number of phenols is 1. The van der Waals surface area contributed by atoms with Gasteiger partial charge in [-0.3, -0.25) is 19.2 Å². The number of benzene rings is 3. The minimum absolute atomic E-state index is 0.0238. The fourth-order valence-electron chi connectivity index (χ4n) is 10.3. The molecule has 4 aromatic rings. The molecule has 3 aliphatic heterocycles. The van der Waals surface area contributed by atoms with Crippen LogP contribution < -0.4 is 36.3 Å². The van der Waals surface area contributed by atoms with Gasteiger partial charge in [0, 0.05) is 110 Å². The predicted molar refractivity (Wildman–Crippen MR) is 258 cm³/mol. The number of nitrogens with zero attached hydrogens (tertiary/aromatic N) is 2. The van der Waals surface area contributed by atoms with E-state index in [1.165, 1.54) is 59.3 Å². The predicted octanol–water partition coefficient (Wildman–Crippen LogP) is 4.74. The maximum absolute atomic E-state index is 14.9. The molecule has 0 spiro atoms. The number of nitrogens with one attached hydrogen (secondary N) is 2. The lowest BCUT2D eigenvalue weighted by atomic mass is 9.78. The van der Waals surface area contributed by atoms with Crippen molar-refractivity contribution in [3.63, 3.8) is 0 Å². The van der Waals surface area contributed by atoms with Gasteiger partial charge in [0.25, 0.3) is 5.91 Å². The fraction of sp³-hybridized carbons (Fsp3) is 0.490. The molecule has 1 unspecified atom stereocenters. The summed E-state index contributed by atoms with van der Waals surface area (Å²) in [5.41, 5.74) is -1.82. The van der Waals surface area contributed by atoms with E-state index in [4.69, 9.17) is 33.1 Å². The number of hydrogen-bond acceptors (Lipinski definition) is 17. The van der Waals surface area contributed by atoms with Crippen molar-refractivity contribution < 1.29 is 62.9 Å². The standard InChI is InChI=1S/C51H60N4O15/c1-11-66-50(64)54-37-29-19-55(20-30(29)37)28-17-31(57)38-33(18-28)69-47-39(52-38)34-35-43(60)26(7)46-36(34)48(62)51(9,70-46)67-16-15-32(65-10)23(4)45(68-27(8)56)25(6)42(59)24(5)41(58)21(2)13-12-14-22(3)49(63)53-40(47)44(35)61/h12-18,21,23-25,29-30,32,37,41-42,45,58-60,62H,11,19-20H2,1-10H3,(H,53,63)(H,54,64)/b13-12+,16-15+,22-14-/t21-,23+,24+,25+,29-,30+,32-,37?,41-,42+,45+,51-/m0/s1. The molecule has 70 heavy (non-hydrogen) atoms. The van der Waals surface area contributed by atoms with Crippen LogP contribution in [0.4, 0.5) is 16.2 Å². The number of alkyl carbamates (subject to hydrolysis) is 1. The molecular weight excluding hydrogens is 909 g/mol. The Morgan fingerprint density at radius 1 is 0.971 bits per heavy atom. The second-order valence-electron chi connectivity index (χ2n) is 19.2. The number of hydrogen-bond donors (Lipinski definition) is 6. The molecule has 1 aliphatic carbocycles. The van der Waals surface area contributed by atoms with E-state index in [0.717, 1.165) is 0 Å². The Morgan fingerprint density at radius 2 is 1.67 bits per heavy atom. The summed E-state index contributed by atoms with van der Waals surface area (Å²) >= 11 is 0. The number of carbonyl (C=O) groups excluding carboxylic acids is 3. The molecule has 4 aliphatic rings. The highest BCUT2D eigenvalue weighted by molar-refractivity contribution is 6.17. The monoisotopic (exact) mass is 968 g/mol. The van der Waals surface area contributed by atoms with Gasteiger partial charge in [-0.1, -0.05) is 45.9 Å². The Morgan fingerprint density at radius 3 is 2.33 bits per heavy atom. The quantitative estimate of drug-likeness (QED) is 0.0896. The summed E-state index contributed by atoms with van der Waals surface area (Å²) in [6, 6.07) is 2.96. The smallest absolute Gasteiger partial charge is 0.407 e. The molecule has 3 aromatic carbocycles. The number of anilines is 2. The number of fused-ring (bicyclic) bond motifs is 6. The van der Waals surface area contributed by atoms with E-state index in [2.05, 4.69) is 10.6 Å². The van der Waals surface area contributed by atoms with Gasteiger partial charge in [-0.05, 0) is 26.8 Å². The zero-order chi connectivity index (χ0) is 50.8. The molecule has 1 saturated carbocycles. The lowest BCUT2D eigenvalue weighted by molar-refractivity contribution is -0.160. The number of carbonyl (C=O) groups is 3. The topological polar surface area (TPSA) is 266 Å². The zero-order valence-corrected chi connectivity index (χ0v) is 40.7. The molecule has 374 valence electrons. The number of ether oxygens (including phenoxy) is 5. The number of methoxy groups -OCH3 is 1. The van der Waals surface area contributed by atoms with E-state index in [9.17, 15) is 44.4 Å². The van der Waals surface area contributed by atoms with Crippen LogP contribution in [0.3, 0.4) is 0 Å². The molecule has 0 radical (unpaired) electrons. The van der Waals surface area contributed by atoms with Gasteiger partial charge in [0.1, 0.15) is 28.8 Å². The van der Waals surface area contributed by atoms with E-state index >= 15 is 0 Å². The average molecular weight is 969 g/mol. The summed E-state index contributed by atoms with van der Waals surface area (Å²) in [4.78, 5) is 74.3. The minimum atomic E-state index is -2.01. The molecule has 4 heterocycles. The van der Waals surface area contributed by atoms with Crippen molar-refractivity contribution in [3.05, 3.63) is 79.5 Å². The lowest BCUT2D eigenvalue weighted by Gasteiger charge is -2.38. The first-order valence-electron chi connectivity index (χ1n) is 23.4. The SMILES string of the molecule is CCOC(=O)NC1[C@H]2CN(c3cc(=O)c4nc5c(oc4c3)c3c(=O)c4c(O)c(C)c6c(c45)=C(O)[C@@](C)(O/C=C/[C@H](OC)[C@@H](C)[C@@H](OC(C)=O)[C@H](C)[C@H](O)[C@H](C)[C@@H](O)[C@@H](C)/C=C/C=C(/C)C(=O)N3)O6)C[C@@H]12. The highest BCUT2D eigenvalue weighted by Gasteiger charge is 2.57. The number of rotatable bonds is 5. The van der Waals surface area contributed by atoms with Crippen LogP contribution in [0.5, 0.6) is 11.5 Å². The van der Waals surface area contributed by atoms with Crippen molar-refractivity contribution >= 4 is 68.1 Å². The Hall–Kier alpha value is -6.70. The van der Waals surface area contributed by atoms with Gasteiger partial charge in [0.15, 0.2) is 22.4 Å². The minimum Gasteiger partial charge on any atom is -0.507 e. The summed E-state index contributed by atoms with van der Waals surface area (Å²) in [7, 11) is 1.43. The van der Waals surface area contributed by atoms with Crippen LogP contribution in [0.1, 0.15) is 61.0 Å². The molecule has 5 bridgehead atoms. The number of allylic oxidation sites excluding steroid dienone is 2. The Bertz CT molecular complexity index is 3060. The average Bonchev–Trinajstić information content (AvgIpc) is 3.59. The highest BCUT2D eigenvalue weighted by atomic mass is 16.7. The Balaban J connectivity index is 1.30. The number of esters is 1. The third-order valence-electron chi connectivity index (χ3n) is 14.5. The number of aliphatic hydroxyl groups excluding tert-OH is 3. The van der Waals surface area contributed by atoms with Crippen LogP contribution in [0.25, 0.3) is 38.7 Å².